The monoisotopic (exact) mass is 393 g/mol. The normalized spacial score (nSPS) is 19.6. The molecular weight excluding hydrogens is 357 g/mol. The maximum absolute atomic E-state index is 14.2. The number of benzene rings is 1. The topological polar surface area (TPSA) is 76.4 Å². The van der Waals surface area contributed by atoms with Crippen molar-refractivity contribution in [2.45, 2.75) is 58.4 Å². The third-order valence-electron chi connectivity index (χ3n) is 5.24. The van der Waals surface area contributed by atoms with Gasteiger partial charge in [0.1, 0.15) is 11.6 Å². The number of hydrogen-bond donors (Lipinski definition) is 3. The van der Waals surface area contributed by atoms with E-state index in [1.54, 1.807) is 6.07 Å². The smallest absolute Gasteiger partial charge is 0.254 e. The summed E-state index contributed by atoms with van der Waals surface area (Å²) in [5, 5.41) is 6.28. The molecule has 1 aliphatic rings. The number of hydrogen-bond acceptors (Lipinski definition) is 4. The first-order chi connectivity index (χ1) is 13.5. The van der Waals surface area contributed by atoms with Gasteiger partial charge in [0.15, 0.2) is 0 Å². The molecule has 0 spiro atoms. The van der Waals surface area contributed by atoms with E-state index in [0.29, 0.717) is 37.9 Å². The molecule has 1 aromatic rings. The molecule has 0 saturated carbocycles. The summed E-state index contributed by atoms with van der Waals surface area (Å²) in [5.41, 5.74) is 5.43. The highest BCUT2D eigenvalue weighted by Gasteiger charge is 2.21. The quantitative estimate of drug-likeness (QED) is 0.503. The summed E-state index contributed by atoms with van der Waals surface area (Å²) in [6, 6.07) is 5.06. The Morgan fingerprint density at radius 3 is 2.93 bits per heavy atom. The van der Waals surface area contributed by atoms with Crippen LogP contribution in [0.5, 0.6) is 5.75 Å². The summed E-state index contributed by atoms with van der Waals surface area (Å²) >= 11 is 0. The number of ether oxygens (including phenoxy) is 1. The zero-order valence-corrected chi connectivity index (χ0v) is 17.3. The number of piperidine rings is 1. The van der Waals surface area contributed by atoms with Crippen LogP contribution in [0.1, 0.15) is 62.7 Å². The van der Waals surface area contributed by atoms with E-state index in [-0.39, 0.29) is 5.56 Å². The van der Waals surface area contributed by atoms with Gasteiger partial charge in [-0.3, -0.25) is 4.79 Å². The minimum atomic E-state index is -0.558. The Hall–Kier alpha value is -1.66. The molecule has 1 heterocycles. The molecule has 158 valence electrons. The largest absolute Gasteiger partial charge is 0.493 e. The summed E-state index contributed by atoms with van der Waals surface area (Å²) in [7, 11) is 0. The number of carbonyl (C=O) groups excluding carboxylic acids is 1. The molecule has 1 fully saturated rings. The molecule has 0 aliphatic carbocycles. The van der Waals surface area contributed by atoms with Gasteiger partial charge in [0, 0.05) is 18.7 Å². The van der Waals surface area contributed by atoms with Crippen molar-refractivity contribution in [1.29, 1.82) is 0 Å². The van der Waals surface area contributed by atoms with Crippen molar-refractivity contribution in [2.24, 2.45) is 17.6 Å². The molecule has 0 aromatic heterocycles. The Bertz CT molecular complexity index is 609. The second-order valence-electron chi connectivity index (χ2n) is 8.20. The molecule has 28 heavy (non-hydrogen) atoms. The molecule has 5 nitrogen and oxygen atoms in total. The Labute approximate surface area is 168 Å². The molecule has 4 N–H and O–H groups in total. The van der Waals surface area contributed by atoms with Crippen molar-refractivity contribution in [1.82, 2.24) is 10.6 Å². The molecule has 1 amide bonds. The van der Waals surface area contributed by atoms with E-state index < -0.39 is 11.7 Å². The van der Waals surface area contributed by atoms with Gasteiger partial charge in [-0.25, -0.2) is 4.39 Å². The van der Waals surface area contributed by atoms with E-state index >= 15 is 0 Å². The Kier molecular flexibility index (Phi) is 9.71. The highest BCUT2D eigenvalue weighted by molar-refractivity contribution is 5.94. The predicted molar refractivity (Wildman–Crippen MR) is 111 cm³/mol. The summed E-state index contributed by atoms with van der Waals surface area (Å²) in [6.07, 6.45) is 6.46. The average Bonchev–Trinajstić information content (AvgIpc) is 2.65. The highest BCUT2D eigenvalue weighted by atomic mass is 19.1. The number of carbonyl (C=O) groups is 1. The van der Waals surface area contributed by atoms with Crippen LogP contribution >= 0.6 is 0 Å². The molecule has 2 atom stereocenters. The van der Waals surface area contributed by atoms with E-state index in [9.17, 15) is 9.18 Å². The van der Waals surface area contributed by atoms with Gasteiger partial charge in [0.2, 0.25) is 0 Å². The van der Waals surface area contributed by atoms with E-state index in [1.807, 2.05) is 0 Å². The number of amides is 1. The maximum atomic E-state index is 14.2. The van der Waals surface area contributed by atoms with Crippen LogP contribution in [-0.4, -0.2) is 38.2 Å². The molecule has 0 bridgehead atoms. The number of rotatable bonds is 11. The lowest BCUT2D eigenvalue weighted by Gasteiger charge is -2.31. The summed E-state index contributed by atoms with van der Waals surface area (Å²) in [5.74, 6) is 0.959. The van der Waals surface area contributed by atoms with E-state index in [4.69, 9.17) is 10.5 Å². The zero-order chi connectivity index (χ0) is 20.4. The molecule has 1 aromatic carbocycles. The number of halogens is 1. The van der Waals surface area contributed by atoms with Gasteiger partial charge in [-0.1, -0.05) is 13.8 Å². The maximum Gasteiger partial charge on any atom is 0.254 e. The third kappa shape index (κ3) is 7.76. The Morgan fingerprint density at radius 2 is 2.21 bits per heavy atom. The average molecular weight is 394 g/mol. The SMILES string of the molecule is CC(C)CC1CC(CCCOc2ccc(C(=O)NCCCN)c(F)c2)CCN1. The predicted octanol–water partition coefficient (Wildman–Crippen LogP) is 3.48. The van der Waals surface area contributed by atoms with Crippen molar-refractivity contribution in [3.8, 4) is 5.75 Å². The van der Waals surface area contributed by atoms with Gasteiger partial charge >= 0.3 is 0 Å². The van der Waals surface area contributed by atoms with Gasteiger partial charge < -0.3 is 21.1 Å². The van der Waals surface area contributed by atoms with Crippen molar-refractivity contribution in [3.63, 3.8) is 0 Å². The first-order valence-electron chi connectivity index (χ1n) is 10.6. The van der Waals surface area contributed by atoms with Crippen LogP contribution in [0.3, 0.4) is 0 Å². The third-order valence-corrected chi connectivity index (χ3v) is 5.24. The molecule has 6 heteroatoms. The number of nitrogens with two attached hydrogens (primary N) is 1. The van der Waals surface area contributed by atoms with Crippen molar-refractivity contribution < 1.29 is 13.9 Å². The van der Waals surface area contributed by atoms with Crippen LogP contribution in [0.2, 0.25) is 0 Å². The summed E-state index contributed by atoms with van der Waals surface area (Å²) < 4.78 is 19.9. The van der Waals surface area contributed by atoms with Crippen molar-refractivity contribution >= 4 is 5.91 Å². The Balaban J connectivity index is 1.71. The second-order valence-corrected chi connectivity index (χ2v) is 8.20. The first-order valence-corrected chi connectivity index (χ1v) is 10.6. The molecular formula is C22H36FN3O2. The fourth-order valence-corrected chi connectivity index (χ4v) is 3.84. The van der Waals surface area contributed by atoms with Gasteiger partial charge in [-0.2, -0.15) is 0 Å². The molecule has 2 rings (SSSR count). The van der Waals surface area contributed by atoms with E-state index in [2.05, 4.69) is 24.5 Å². The van der Waals surface area contributed by atoms with Gasteiger partial charge in [-0.15, -0.1) is 0 Å². The van der Waals surface area contributed by atoms with Gasteiger partial charge in [0.25, 0.3) is 5.91 Å². The summed E-state index contributed by atoms with van der Waals surface area (Å²) in [4.78, 5) is 11.9. The minimum Gasteiger partial charge on any atom is -0.493 e. The first kappa shape index (κ1) is 22.6. The second kappa shape index (κ2) is 12.0. The fourth-order valence-electron chi connectivity index (χ4n) is 3.84. The van der Waals surface area contributed by atoms with Crippen LogP contribution in [0, 0.1) is 17.7 Å². The highest BCUT2D eigenvalue weighted by Crippen LogP contribution is 2.25. The van der Waals surface area contributed by atoms with Crippen molar-refractivity contribution in [3.05, 3.63) is 29.6 Å². The zero-order valence-electron chi connectivity index (χ0n) is 17.3. The lowest BCUT2D eigenvalue weighted by molar-refractivity contribution is 0.0949. The van der Waals surface area contributed by atoms with Crippen LogP contribution in [0.4, 0.5) is 4.39 Å². The van der Waals surface area contributed by atoms with Crippen LogP contribution in [-0.2, 0) is 0 Å². The van der Waals surface area contributed by atoms with Gasteiger partial charge in [0.05, 0.1) is 12.2 Å². The van der Waals surface area contributed by atoms with Crippen LogP contribution in [0.25, 0.3) is 0 Å². The van der Waals surface area contributed by atoms with E-state index in [1.165, 1.54) is 31.4 Å². The molecule has 2 unspecified atom stereocenters. The standard InChI is InChI=1S/C22H36FN3O2/c1-16(2)13-18-14-17(8-11-25-18)5-3-12-28-19-6-7-20(21(23)15-19)22(27)26-10-4-9-24/h6-7,15-18,25H,3-5,8-14,24H2,1-2H3,(H,26,27). The lowest BCUT2D eigenvalue weighted by Crippen LogP contribution is -2.38. The summed E-state index contributed by atoms with van der Waals surface area (Å²) in [6.45, 7) is 7.15. The minimum absolute atomic E-state index is 0.0373. The van der Waals surface area contributed by atoms with E-state index in [0.717, 1.165) is 31.2 Å². The fraction of sp³-hybridized carbons (Fsp3) is 0.682. The molecule has 1 saturated heterocycles. The lowest BCUT2D eigenvalue weighted by atomic mass is 9.86. The molecule has 0 radical (unpaired) electrons. The van der Waals surface area contributed by atoms with Gasteiger partial charge in [-0.05, 0) is 75.6 Å². The number of nitrogens with one attached hydrogen (secondary N) is 2. The Morgan fingerprint density at radius 1 is 1.39 bits per heavy atom. The molecule has 1 aliphatic heterocycles. The van der Waals surface area contributed by atoms with Crippen LogP contribution < -0.4 is 21.1 Å². The van der Waals surface area contributed by atoms with Crippen LogP contribution in [0.15, 0.2) is 18.2 Å². The van der Waals surface area contributed by atoms with Crippen molar-refractivity contribution in [2.75, 3.05) is 26.2 Å².